The number of aromatic amines is 1. The van der Waals surface area contributed by atoms with E-state index in [4.69, 9.17) is 0 Å². The van der Waals surface area contributed by atoms with Gasteiger partial charge in [-0.15, -0.1) is 0 Å². The number of carbonyl (C=O) groups is 2. The summed E-state index contributed by atoms with van der Waals surface area (Å²) in [5, 5.41) is 10.1. The number of anilines is 1. The molecule has 1 aromatic heterocycles. The monoisotopic (exact) mass is 492 g/mol. The third-order valence-corrected chi connectivity index (χ3v) is 7.81. The second kappa shape index (κ2) is 10.1. The summed E-state index contributed by atoms with van der Waals surface area (Å²) >= 11 is 0. The number of carbonyl (C=O) groups excluding carboxylic acids is 2. The highest BCUT2D eigenvalue weighted by Gasteiger charge is 2.37. The summed E-state index contributed by atoms with van der Waals surface area (Å²) in [5.41, 5.74) is 4.61. The largest absolute Gasteiger partial charge is 0.383 e. The van der Waals surface area contributed by atoms with Crippen molar-refractivity contribution in [3.05, 3.63) is 90.1 Å². The van der Waals surface area contributed by atoms with E-state index >= 15 is 0 Å². The topological polar surface area (TPSA) is 77.2 Å². The first-order valence-electron chi connectivity index (χ1n) is 13.2. The number of rotatable bonds is 6. The molecule has 0 fully saturated rings. The average molecular weight is 493 g/mol. The molecule has 0 bridgehead atoms. The number of H-pyrrole nitrogens is 1. The quantitative estimate of drug-likeness (QED) is 0.261. The van der Waals surface area contributed by atoms with Crippen LogP contribution in [0.15, 0.2) is 78.9 Å². The van der Waals surface area contributed by atoms with Crippen molar-refractivity contribution >= 4 is 39.2 Å². The molecule has 1 aliphatic heterocycles. The van der Waals surface area contributed by atoms with Crippen molar-refractivity contribution in [3.8, 4) is 0 Å². The van der Waals surface area contributed by atoms with E-state index in [1.807, 2.05) is 41.3 Å². The van der Waals surface area contributed by atoms with E-state index in [0.29, 0.717) is 39.0 Å². The van der Waals surface area contributed by atoms with Crippen LogP contribution >= 0.6 is 0 Å². The fourth-order valence-electron chi connectivity index (χ4n) is 5.89. The number of nitrogens with one attached hydrogen (secondary N) is 3. The van der Waals surface area contributed by atoms with Gasteiger partial charge in [-0.2, -0.15) is 0 Å². The summed E-state index contributed by atoms with van der Waals surface area (Å²) in [6.07, 6.45) is 6.14. The number of allylic oxidation sites excluding steroid dienone is 2. The molecule has 188 valence electrons. The molecule has 3 aromatic carbocycles. The van der Waals surface area contributed by atoms with Gasteiger partial charge >= 0.3 is 0 Å². The molecule has 4 aromatic rings. The molecule has 3 N–H and O–H groups in total. The lowest BCUT2D eigenvalue weighted by Crippen LogP contribution is -2.46. The van der Waals surface area contributed by atoms with E-state index in [2.05, 4.69) is 58.1 Å². The summed E-state index contributed by atoms with van der Waals surface area (Å²) < 4.78 is 0. The van der Waals surface area contributed by atoms with Crippen molar-refractivity contribution in [1.82, 2.24) is 15.2 Å². The summed E-state index contributed by atoms with van der Waals surface area (Å²) in [4.78, 5) is 32.2. The van der Waals surface area contributed by atoms with Crippen LogP contribution in [0.4, 0.5) is 5.69 Å². The molecular formula is C31H32N4O2. The van der Waals surface area contributed by atoms with Crippen LogP contribution in [0.1, 0.15) is 24.1 Å². The Morgan fingerprint density at radius 3 is 2.51 bits per heavy atom. The fourth-order valence-corrected chi connectivity index (χ4v) is 5.89. The lowest BCUT2D eigenvalue weighted by atomic mass is 9.81. The highest BCUT2D eigenvalue weighted by atomic mass is 16.2. The van der Waals surface area contributed by atoms with Crippen LogP contribution in [0.3, 0.4) is 0 Å². The smallest absolute Gasteiger partial charge is 0.227 e. The molecule has 2 atom stereocenters. The Labute approximate surface area is 216 Å². The molecule has 6 rings (SSSR count). The maximum atomic E-state index is 13.6. The summed E-state index contributed by atoms with van der Waals surface area (Å²) in [5.74, 6) is -0.602. The standard InChI is InChI=1S/C31H32N4O2/c36-30(33-18-17-32-27-15-7-9-21-8-1-2-10-22(21)27)25-12-3-4-13-26(25)31(37)35-19-16-24-23-11-5-6-14-28(23)34-29(24)20-35/h1-11,14-15,25-26,32,34H,12-13,16-20H2,(H,33,36). The second-order valence-corrected chi connectivity index (χ2v) is 10.0. The van der Waals surface area contributed by atoms with Crippen LogP contribution in [0.25, 0.3) is 21.7 Å². The first kappa shape index (κ1) is 23.3. The van der Waals surface area contributed by atoms with Gasteiger partial charge in [0.05, 0.1) is 18.4 Å². The van der Waals surface area contributed by atoms with Gasteiger partial charge in [0, 0.05) is 47.3 Å². The number of hydrogen-bond donors (Lipinski definition) is 3. The molecule has 0 saturated heterocycles. The molecule has 6 nitrogen and oxygen atoms in total. The van der Waals surface area contributed by atoms with Crippen molar-refractivity contribution in [3.63, 3.8) is 0 Å². The molecule has 2 unspecified atom stereocenters. The molecule has 0 radical (unpaired) electrons. The van der Waals surface area contributed by atoms with E-state index < -0.39 is 0 Å². The zero-order valence-electron chi connectivity index (χ0n) is 20.9. The number of hydrogen-bond acceptors (Lipinski definition) is 3. The van der Waals surface area contributed by atoms with Crippen molar-refractivity contribution in [2.24, 2.45) is 11.8 Å². The van der Waals surface area contributed by atoms with Crippen molar-refractivity contribution < 1.29 is 9.59 Å². The number of amides is 2. The van der Waals surface area contributed by atoms with Gasteiger partial charge in [0.1, 0.15) is 0 Å². The average Bonchev–Trinajstić information content (AvgIpc) is 3.33. The Morgan fingerprint density at radius 1 is 0.865 bits per heavy atom. The van der Waals surface area contributed by atoms with Crippen LogP contribution < -0.4 is 10.6 Å². The predicted molar refractivity (Wildman–Crippen MR) is 148 cm³/mol. The van der Waals surface area contributed by atoms with Gasteiger partial charge in [0.25, 0.3) is 0 Å². The minimum Gasteiger partial charge on any atom is -0.383 e. The number of fused-ring (bicyclic) bond motifs is 4. The molecule has 2 amide bonds. The highest BCUT2D eigenvalue weighted by molar-refractivity contribution is 5.94. The number of aromatic nitrogens is 1. The molecule has 37 heavy (non-hydrogen) atoms. The Bertz CT molecular complexity index is 1480. The van der Waals surface area contributed by atoms with Crippen molar-refractivity contribution in [1.29, 1.82) is 0 Å². The zero-order chi connectivity index (χ0) is 25.2. The molecule has 1 aliphatic carbocycles. The van der Waals surface area contributed by atoms with E-state index in [0.717, 1.165) is 23.3 Å². The van der Waals surface area contributed by atoms with Gasteiger partial charge in [-0.1, -0.05) is 66.7 Å². The molecular weight excluding hydrogens is 460 g/mol. The second-order valence-electron chi connectivity index (χ2n) is 10.0. The number of benzene rings is 3. The summed E-state index contributed by atoms with van der Waals surface area (Å²) in [6.45, 7) is 2.39. The lowest BCUT2D eigenvalue weighted by molar-refractivity contribution is -0.142. The van der Waals surface area contributed by atoms with Gasteiger partial charge in [-0.3, -0.25) is 9.59 Å². The van der Waals surface area contributed by atoms with E-state index in [1.54, 1.807) is 0 Å². The maximum absolute atomic E-state index is 13.6. The van der Waals surface area contributed by atoms with Crippen molar-refractivity contribution in [2.45, 2.75) is 25.8 Å². The molecule has 2 aliphatic rings. The number of para-hydroxylation sites is 1. The fraction of sp³-hybridized carbons (Fsp3) is 0.290. The first-order chi connectivity index (χ1) is 18.2. The molecule has 6 heteroatoms. The maximum Gasteiger partial charge on any atom is 0.227 e. The highest BCUT2D eigenvalue weighted by Crippen LogP contribution is 2.32. The van der Waals surface area contributed by atoms with Gasteiger partial charge in [-0.25, -0.2) is 0 Å². The first-order valence-corrected chi connectivity index (χ1v) is 13.2. The van der Waals surface area contributed by atoms with Gasteiger partial charge in [0.15, 0.2) is 0 Å². The summed E-state index contributed by atoms with van der Waals surface area (Å²) in [7, 11) is 0. The van der Waals surface area contributed by atoms with Crippen LogP contribution in [0, 0.1) is 11.8 Å². The minimum absolute atomic E-state index is 0.0364. The van der Waals surface area contributed by atoms with Crippen LogP contribution in [-0.4, -0.2) is 41.3 Å². The SMILES string of the molecule is O=C(NCCNc1cccc2ccccc12)C1CC=CCC1C(=O)N1CCc2c([nH]c3ccccc23)C1. The van der Waals surface area contributed by atoms with E-state index in [-0.39, 0.29) is 23.7 Å². The Morgan fingerprint density at radius 2 is 1.62 bits per heavy atom. The molecule has 0 spiro atoms. The Kier molecular flexibility index (Phi) is 6.39. The van der Waals surface area contributed by atoms with Crippen molar-refractivity contribution in [2.75, 3.05) is 25.0 Å². The summed E-state index contributed by atoms with van der Waals surface area (Å²) in [6, 6.07) is 22.8. The van der Waals surface area contributed by atoms with Gasteiger partial charge in [0.2, 0.25) is 11.8 Å². The Hall–Kier alpha value is -4.06. The normalized spacial score (nSPS) is 19.1. The van der Waals surface area contributed by atoms with E-state index in [1.165, 1.54) is 21.7 Å². The Balaban J connectivity index is 1.07. The lowest BCUT2D eigenvalue weighted by Gasteiger charge is -2.34. The number of nitrogens with zero attached hydrogens (tertiary/aromatic N) is 1. The molecule has 0 saturated carbocycles. The predicted octanol–water partition coefficient (Wildman–Crippen LogP) is 5.02. The van der Waals surface area contributed by atoms with Gasteiger partial charge in [-0.05, 0) is 42.3 Å². The van der Waals surface area contributed by atoms with Crippen LogP contribution in [0.2, 0.25) is 0 Å². The van der Waals surface area contributed by atoms with Crippen LogP contribution in [-0.2, 0) is 22.6 Å². The third-order valence-electron chi connectivity index (χ3n) is 7.81. The van der Waals surface area contributed by atoms with Gasteiger partial charge < -0.3 is 20.5 Å². The zero-order valence-corrected chi connectivity index (χ0v) is 20.9. The van der Waals surface area contributed by atoms with E-state index in [9.17, 15) is 9.59 Å². The van der Waals surface area contributed by atoms with Crippen LogP contribution in [0.5, 0.6) is 0 Å². The minimum atomic E-state index is -0.334. The third kappa shape index (κ3) is 4.59. The molecule has 2 heterocycles.